The maximum atomic E-state index is 12.0. The molecule has 0 spiro atoms. The maximum absolute atomic E-state index is 12.0. The third-order valence-corrected chi connectivity index (χ3v) is 5.53. The van der Waals surface area contributed by atoms with Crippen molar-refractivity contribution in [2.24, 2.45) is 5.92 Å². The van der Waals surface area contributed by atoms with Gasteiger partial charge in [0.15, 0.2) is 0 Å². The Morgan fingerprint density at radius 1 is 1.19 bits per heavy atom. The molecule has 8 heteroatoms. The van der Waals surface area contributed by atoms with Gasteiger partial charge in [0.2, 0.25) is 11.8 Å². The second kappa shape index (κ2) is 9.03. The molecular weight excluding hydrogens is 364 g/mol. The molecule has 0 saturated heterocycles. The first-order valence-corrected chi connectivity index (χ1v) is 10.1. The predicted octanol–water partition coefficient (Wildman–Crippen LogP) is 3.54. The van der Waals surface area contributed by atoms with E-state index in [-0.39, 0.29) is 11.8 Å². The molecule has 1 saturated carbocycles. The van der Waals surface area contributed by atoms with Gasteiger partial charge in [0.05, 0.1) is 5.75 Å². The fraction of sp³-hybridized carbons (Fsp3) is 0.474. The number of nitrogens with one attached hydrogen (secondary N) is 2. The largest absolute Gasteiger partial charge is 0.411 e. The SMILES string of the molecule is Cc1ccc(-c2nnc(SCC(=O)NC(=O)NC3CCCCC3C)o2)cc1. The molecule has 1 aromatic heterocycles. The zero-order chi connectivity index (χ0) is 19.2. The molecule has 3 rings (SSSR count). The third kappa shape index (κ3) is 5.56. The van der Waals surface area contributed by atoms with Crippen LogP contribution in [0.25, 0.3) is 11.5 Å². The predicted molar refractivity (Wildman–Crippen MR) is 103 cm³/mol. The van der Waals surface area contributed by atoms with Crippen molar-refractivity contribution >= 4 is 23.7 Å². The van der Waals surface area contributed by atoms with Crippen LogP contribution in [0.3, 0.4) is 0 Å². The summed E-state index contributed by atoms with van der Waals surface area (Å²) in [5.41, 5.74) is 1.97. The van der Waals surface area contributed by atoms with Gasteiger partial charge in [0.25, 0.3) is 5.22 Å². The lowest BCUT2D eigenvalue weighted by atomic mass is 9.86. The molecule has 1 aliphatic carbocycles. The summed E-state index contributed by atoms with van der Waals surface area (Å²) < 4.78 is 5.56. The number of aromatic nitrogens is 2. The van der Waals surface area contributed by atoms with Gasteiger partial charge in [-0.2, -0.15) is 0 Å². The van der Waals surface area contributed by atoms with Crippen LogP contribution in [0, 0.1) is 12.8 Å². The number of hydrogen-bond acceptors (Lipinski definition) is 6. The van der Waals surface area contributed by atoms with Crippen molar-refractivity contribution in [3.8, 4) is 11.5 Å². The van der Waals surface area contributed by atoms with E-state index in [9.17, 15) is 9.59 Å². The van der Waals surface area contributed by atoms with E-state index in [1.807, 2.05) is 31.2 Å². The van der Waals surface area contributed by atoms with Crippen LogP contribution in [0.2, 0.25) is 0 Å². The lowest BCUT2D eigenvalue weighted by Gasteiger charge is -2.29. The van der Waals surface area contributed by atoms with Crippen molar-refractivity contribution in [1.82, 2.24) is 20.8 Å². The highest BCUT2D eigenvalue weighted by atomic mass is 32.2. The fourth-order valence-corrected chi connectivity index (χ4v) is 3.67. The molecule has 2 N–H and O–H groups in total. The normalized spacial score (nSPS) is 19.5. The Hall–Kier alpha value is -2.35. The van der Waals surface area contributed by atoms with Crippen LogP contribution >= 0.6 is 11.8 Å². The quantitative estimate of drug-likeness (QED) is 0.761. The van der Waals surface area contributed by atoms with Crippen LogP contribution < -0.4 is 10.6 Å². The minimum atomic E-state index is -0.440. The minimum absolute atomic E-state index is 0.0309. The standard InChI is InChI=1S/C19H24N4O3S/c1-12-7-9-14(10-8-12)17-22-23-19(26-17)27-11-16(24)21-18(25)20-15-6-4-3-5-13(15)2/h7-10,13,15H,3-6,11H2,1-2H3,(H2,20,21,24,25). The monoisotopic (exact) mass is 388 g/mol. The first kappa shape index (κ1) is 19.4. The number of amides is 3. The summed E-state index contributed by atoms with van der Waals surface area (Å²) in [6.07, 6.45) is 4.38. The summed E-state index contributed by atoms with van der Waals surface area (Å²) in [6, 6.07) is 7.43. The van der Waals surface area contributed by atoms with Crippen LogP contribution in [0.15, 0.2) is 33.9 Å². The second-order valence-electron chi connectivity index (χ2n) is 6.92. The van der Waals surface area contributed by atoms with Crippen molar-refractivity contribution in [3.63, 3.8) is 0 Å². The number of benzene rings is 1. The highest BCUT2D eigenvalue weighted by molar-refractivity contribution is 7.99. The van der Waals surface area contributed by atoms with E-state index >= 15 is 0 Å². The molecule has 27 heavy (non-hydrogen) atoms. The zero-order valence-electron chi connectivity index (χ0n) is 15.5. The molecule has 2 unspecified atom stereocenters. The van der Waals surface area contributed by atoms with Crippen molar-refractivity contribution in [1.29, 1.82) is 0 Å². The average molecular weight is 388 g/mol. The number of hydrogen-bond donors (Lipinski definition) is 2. The molecule has 0 bridgehead atoms. The van der Waals surface area contributed by atoms with E-state index in [1.165, 1.54) is 6.42 Å². The van der Waals surface area contributed by atoms with Crippen molar-refractivity contribution in [2.45, 2.75) is 50.8 Å². The summed E-state index contributed by atoms with van der Waals surface area (Å²) in [6.45, 7) is 4.13. The third-order valence-electron chi connectivity index (χ3n) is 4.71. The lowest BCUT2D eigenvalue weighted by molar-refractivity contribution is -0.117. The number of rotatable bonds is 5. The summed E-state index contributed by atoms with van der Waals surface area (Å²) in [5.74, 6) is 0.481. The number of imide groups is 1. The molecule has 7 nitrogen and oxygen atoms in total. The smallest absolute Gasteiger partial charge is 0.321 e. The molecule has 1 heterocycles. The Bertz CT molecular complexity index is 791. The maximum Gasteiger partial charge on any atom is 0.321 e. The zero-order valence-corrected chi connectivity index (χ0v) is 16.3. The molecular formula is C19H24N4O3S. The van der Waals surface area contributed by atoms with Crippen molar-refractivity contribution in [2.75, 3.05) is 5.75 Å². The van der Waals surface area contributed by atoms with E-state index in [0.29, 0.717) is 17.0 Å². The molecule has 1 aliphatic rings. The van der Waals surface area contributed by atoms with Crippen LogP contribution in [0.5, 0.6) is 0 Å². The van der Waals surface area contributed by atoms with Crippen LogP contribution in [-0.4, -0.2) is 33.9 Å². The number of aryl methyl sites for hydroxylation is 1. The van der Waals surface area contributed by atoms with Crippen LogP contribution in [-0.2, 0) is 4.79 Å². The minimum Gasteiger partial charge on any atom is -0.411 e. The molecule has 3 amide bonds. The van der Waals surface area contributed by atoms with E-state index < -0.39 is 11.9 Å². The Labute approximate surface area is 162 Å². The van der Waals surface area contributed by atoms with Gasteiger partial charge in [0, 0.05) is 11.6 Å². The van der Waals surface area contributed by atoms with Gasteiger partial charge in [-0.3, -0.25) is 10.1 Å². The lowest BCUT2D eigenvalue weighted by Crippen LogP contribution is -2.48. The Balaban J connectivity index is 1.45. The average Bonchev–Trinajstić information content (AvgIpc) is 3.11. The van der Waals surface area contributed by atoms with E-state index in [4.69, 9.17) is 4.42 Å². The Morgan fingerprint density at radius 3 is 2.67 bits per heavy atom. The van der Waals surface area contributed by atoms with Gasteiger partial charge in [-0.1, -0.05) is 49.2 Å². The first-order valence-electron chi connectivity index (χ1n) is 9.15. The number of thioether (sulfide) groups is 1. The molecule has 2 atom stereocenters. The topological polar surface area (TPSA) is 97.1 Å². The van der Waals surface area contributed by atoms with Gasteiger partial charge in [-0.25, -0.2) is 4.79 Å². The molecule has 2 aromatic rings. The molecule has 0 aliphatic heterocycles. The molecule has 0 radical (unpaired) electrons. The molecule has 1 aromatic carbocycles. The number of nitrogens with zero attached hydrogens (tertiary/aromatic N) is 2. The van der Waals surface area contributed by atoms with Gasteiger partial charge in [-0.05, 0) is 37.8 Å². The highest BCUT2D eigenvalue weighted by Gasteiger charge is 2.23. The summed E-state index contributed by atoms with van der Waals surface area (Å²) in [4.78, 5) is 24.0. The number of urea groups is 1. The molecule has 144 valence electrons. The van der Waals surface area contributed by atoms with Gasteiger partial charge in [-0.15, -0.1) is 10.2 Å². The van der Waals surface area contributed by atoms with Crippen molar-refractivity contribution < 1.29 is 14.0 Å². The van der Waals surface area contributed by atoms with Crippen LogP contribution in [0.1, 0.15) is 38.2 Å². The second-order valence-corrected chi connectivity index (χ2v) is 7.84. The van der Waals surface area contributed by atoms with Gasteiger partial charge >= 0.3 is 6.03 Å². The van der Waals surface area contributed by atoms with Gasteiger partial charge in [0.1, 0.15) is 0 Å². The summed E-state index contributed by atoms with van der Waals surface area (Å²) in [5, 5.41) is 13.5. The Kier molecular flexibility index (Phi) is 6.49. The summed E-state index contributed by atoms with van der Waals surface area (Å²) >= 11 is 1.10. The summed E-state index contributed by atoms with van der Waals surface area (Å²) in [7, 11) is 0. The van der Waals surface area contributed by atoms with Crippen LogP contribution in [0.4, 0.5) is 4.79 Å². The Morgan fingerprint density at radius 2 is 1.93 bits per heavy atom. The number of carbonyl (C=O) groups excluding carboxylic acids is 2. The van der Waals surface area contributed by atoms with E-state index in [2.05, 4.69) is 27.8 Å². The molecule has 1 fully saturated rings. The van der Waals surface area contributed by atoms with Gasteiger partial charge < -0.3 is 9.73 Å². The number of carbonyl (C=O) groups is 2. The highest BCUT2D eigenvalue weighted by Crippen LogP contribution is 2.24. The fourth-order valence-electron chi connectivity index (χ4n) is 3.11. The van der Waals surface area contributed by atoms with E-state index in [1.54, 1.807) is 0 Å². The van der Waals surface area contributed by atoms with E-state index in [0.717, 1.165) is 42.2 Å². The first-order chi connectivity index (χ1) is 13.0. The van der Waals surface area contributed by atoms with Crippen molar-refractivity contribution in [3.05, 3.63) is 29.8 Å².